The van der Waals surface area contributed by atoms with Crippen molar-refractivity contribution in [1.29, 1.82) is 0 Å². The molecule has 3 rings (SSSR count). The molecule has 2 N–H and O–H groups in total. The average molecular weight is 236 g/mol. The Labute approximate surface area is 104 Å². The SMILES string of the molecule is O=C(Nc1ccccc1)c1cccc2cc[nH]c12. The fraction of sp³-hybridized carbons (Fsp3) is 0. The number of para-hydroxylation sites is 2. The molecule has 0 radical (unpaired) electrons. The molecule has 3 aromatic rings. The molecule has 0 aliphatic heterocycles. The molecule has 0 atom stereocenters. The van der Waals surface area contributed by atoms with Crippen LogP contribution in [0.15, 0.2) is 60.8 Å². The first-order chi connectivity index (χ1) is 8.84. The molecule has 1 amide bonds. The van der Waals surface area contributed by atoms with Crippen LogP contribution in [0.25, 0.3) is 10.9 Å². The molecule has 0 aliphatic rings. The Hall–Kier alpha value is -2.55. The van der Waals surface area contributed by atoms with Crippen LogP contribution in [0, 0.1) is 0 Å². The molecule has 0 unspecified atom stereocenters. The molecule has 88 valence electrons. The summed E-state index contributed by atoms with van der Waals surface area (Å²) in [6.07, 6.45) is 1.84. The second kappa shape index (κ2) is 4.37. The lowest BCUT2D eigenvalue weighted by Crippen LogP contribution is -2.12. The van der Waals surface area contributed by atoms with Crippen molar-refractivity contribution in [2.24, 2.45) is 0 Å². The van der Waals surface area contributed by atoms with Crippen molar-refractivity contribution in [3.63, 3.8) is 0 Å². The second-order valence-corrected chi connectivity index (χ2v) is 4.07. The van der Waals surface area contributed by atoms with E-state index in [1.165, 1.54) is 0 Å². The lowest BCUT2D eigenvalue weighted by molar-refractivity contribution is 0.102. The zero-order chi connectivity index (χ0) is 12.4. The first kappa shape index (κ1) is 10.6. The van der Waals surface area contributed by atoms with Gasteiger partial charge < -0.3 is 10.3 Å². The predicted molar refractivity (Wildman–Crippen MR) is 72.7 cm³/mol. The van der Waals surface area contributed by atoms with Crippen LogP contribution in [0.2, 0.25) is 0 Å². The number of aromatic amines is 1. The molecule has 0 saturated carbocycles. The molecule has 0 spiro atoms. The number of amides is 1. The third kappa shape index (κ3) is 1.86. The Kier molecular flexibility index (Phi) is 2.57. The number of carbonyl (C=O) groups excluding carboxylic acids is 1. The van der Waals surface area contributed by atoms with Crippen LogP contribution in [-0.4, -0.2) is 10.9 Å². The molecular weight excluding hydrogens is 224 g/mol. The van der Waals surface area contributed by atoms with Gasteiger partial charge in [-0.2, -0.15) is 0 Å². The van der Waals surface area contributed by atoms with Crippen LogP contribution in [0.1, 0.15) is 10.4 Å². The van der Waals surface area contributed by atoms with Gasteiger partial charge in [0, 0.05) is 17.3 Å². The molecular formula is C15H12N2O. The second-order valence-electron chi connectivity index (χ2n) is 4.07. The van der Waals surface area contributed by atoms with Crippen molar-refractivity contribution in [3.8, 4) is 0 Å². The summed E-state index contributed by atoms with van der Waals surface area (Å²) in [6.45, 7) is 0. The van der Waals surface area contributed by atoms with Gasteiger partial charge >= 0.3 is 0 Å². The highest BCUT2D eigenvalue weighted by atomic mass is 16.1. The van der Waals surface area contributed by atoms with Gasteiger partial charge in [0.1, 0.15) is 0 Å². The summed E-state index contributed by atoms with van der Waals surface area (Å²) in [5.74, 6) is -0.103. The number of hydrogen-bond acceptors (Lipinski definition) is 1. The summed E-state index contributed by atoms with van der Waals surface area (Å²) in [5, 5.41) is 3.92. The Morgan fingerprint density at radius 3 is 2.61 bits per heavy atom. The van der Waals surface area contributed by atoms with Crippen molar-refractivity contribution in [1.82, 2.24) is 4.98 Å². The number of nitrogens with one attached hydrogen (secondary N) is 2. The Morgan fingerprint density at radius 1 is 0.944 bits per heavy atom. The summed E-state index contributed by atoms with van der Waals surface area (Å²) in [5.41, 5.74) is 2.32. The van der Waals surface area contributed by atoms with Crippen molar-refractivity contribution < 1.29 is 4.79 Å². The highest BCUT2D eigenvalue weighted by molar-refractivity contribution is 6.11. The lowest BCUT2D eigenvalue weighted by atomic mass is 10.1. The molecule has 1 heterocycles. The first-order valence-electron chi connectivity index (χ1n) is 5.77. The summed E-state index contributed by atoms with van der Waals surface area (Å²) in [7, 11) is 0. The molecule has 0 aliphatic carbocycles. The lowest BCUT2D eigenvalue weighted by Gasteiger charge is -2.05. The number of aromatic nitrogens is 1. The fourth-order valence-electron chi connectivity index (χ4n) is 1.99. The zero-order valence-electron chi connectivity index (χ0n) is 9.68. The Balaban J connectivity index is 1.95. The van der Waals surface area contributed by atoms with Crippen molar-refractivity contribution in [2.75, 3.05) is 5.32 Å². The Morgan fingerprint density at radius 2 is 1.78 bits per heavy atom. The molecule has 3 heteroatoms. The molecule has 3 nitrogen and oxygen atoms in total. The quantitative estimate of drug-likeness (QED) is 0.703. The van der Waals surface area contributed by atoms with Crippen molar-refractivity contribution in [2.45, 2.75) is 0 Å². The first-order valence-corrected chi connectivity index (χ1v) is 5.77. The smallest absolute Gasteiger partial charge is 0.257 e. The predicted octanol–water partition coefficient (Wildman–Crippen LogP) is 3.42. The van der Waals surface area contributed by atoms with Gasteiger partial charge in [0.15, 0.2) is 0 Å². The van der Waals surface area contributed by atoms with Crippen LogP contribution in [0.4, 0.5) is 5.69 Å². The van der Waals surface area contributed by atoms with Gasteiger partial charge in [-0.25, -0.2) is 0 Å². The molecule has 0 bridgehead atoms. The monoisotopic (exact) mass is 236 g/mol. The van der Waals surface area contributed by atoms with E-state index < -0.39 is 0 Å². The number of carbonyl (C=O) groups is 1. The summed E-state index contributed by atoms with van der Waals surface area (Å²) < 4.78 is 0. The van der Waals surface area contributed by atoms with Gasteiger partial charge in [-0.3, -0.25) is 4.79 Å². The highest BCUT2D eigenvalue weighted by Gasteiger charge is 2.10. The van der Waals surface area contributed by atoms with E-state index in [1.807, 2.05) is 60.8 Å². The maximum absolute atomic E-state index is 12.2. The van der Waals surface area contributed by atoms with E-state index in [0.29, 0.717) is 5.56 Å². The van der Waals surface area contributed by atoms with Gasteiger partial charge in [0.05, 0.1) is 11.1 Å². The van der Waals surface area contributed by atoms with Gasteiger partial charge in [-0.15, -0.1) is 0 Å². The zero-order valence-corrected chi connectivity index (χ0v) is 9.68. The maximum Gasteiger partial charge on any atom is 0.257 e. The van der Waals surface area contributed by atoms with Gasteiger partial charge in [-0.1, -0.05) is 30.3 Å². The third-order valence-electron chi connectivity index (χ3n) is 2.86. The van der Waals surface area contributed by atoms with Crippen LogP contribution in [-0.2, 0) is 0 Å². The molecule has 1 aromatic heterocycles. The number of anilines is 1. The standard InChI is InChI=1S/C15H12N2O/c18-15(17-12-6-2-1-3-7-12)13-8-4-5-11-9-10-16-14(11)13/h1-10,16H,(H,17,18). The topological polar surface area (TPSA) is 44.9 Å². The average Bonchev–Trinajstić information content (AvgIpc) is 2.87. The number of fused-ring (bicyclic) bond motifs is 1. The minimum Gasteiger partial charge on any atom is -0.361 e. The molecule has 0 saturated heterocycles. The summed E-state index contributed by atoms with van der Waals surface area (Å²) in [6, 6.07) is 17.1. The number of H-pyrrole nitrogens is 1. The van der Waals surface area contributed by atoms with E-state index in [9.17, 15) is 4.79 Å². The fourth-order valence-corrected chi connectivity index (χ4v) is 1.99. The van der Waals surface area contributed by atoms with E-state index >= 15 is 0 Å². The van der Waals surface area contributed by atoms with Crippen LogP contribution in [0.3, 0.4) is 0 Å². The minimum absolute atomic E-state index is 0.103. The van der Waals surface area contributed by atoms with E-state index in [2.05, 4.69) is 10.3 Å². The highest BCUT2D eigenvalue weighted by Crippen LogP contribution is 2.18. The third-order valence-corrected chi connectivity index (χ3v) is 2.86. The number of benzene rings is 2. The van der Waals surface area contributed by atoms with Crippen molar-refractivity contribution in [3.05, 3.63) is 66.4 Å². The number of rotatable bonds is 2. The normalized spacial score (nSPS) is 10.4. The maximum atomic E-state index is 12.2. The van der Waals surface area contributed by atoms with Crippen LogP contribution in [0.5, 0.6) is 0 Å². The largest absolute Gasteiger partial charge is 0.361 e. The van der Waals surface area contributed by atoms with Gasteiger partial charge in [0.2, 0.25) is 0 Å². The number of hydrogen-bond donors (Lipinski definition) is 2. The van der Waals surface area contributed by atoms with E-state index in [0.717, 1.165) is 16.6 Å². The molecule has 18 heavy (non-hydrogen) atoms. The summed E-state index contributed by atoms with van der Waals surface area (Å²) >= 11 is 0. The summed E-state index contributed by atoms with van der Waals surface area (Å²) in [4.78, 5) is 15.3. The van der Waals surface area contributed by atoms with Gasteiger partial charge in [0.25, 0.3) is 5.91 Å². The van der Waals surface area contributed by atoms with E-state index in [-0.39, 0.29) is 5.91 Å². The van der Waals surface area contributed by atoms with Crippen LogP contribution >= 0.6 is 0 Å². The Bertz CT molecular complexity index is 686. The van der Waals surface area contributed by atoms with E-state index in [1.54, 1.807) is 0 Å². The van der Waals surface area contributed by atoms with Crippen molar-refractivity contribution >= 4 is 22.5 Å². The molecule has 2 aromatic carbocycles. The molecule has 0 fully saturated rings. The minimum atomic E-state index is -0.103. The van der Waals surface area contributed by atoms with E-state index in [4.69, 9.17) is 0 Å². The van der Waals surface area contributed by atoms with Crippen LogP contribution < -0.4 is 5.32 Å². The van der Waals surface area contributed by atoms with Gasteiger partial charge in [-0.05, 0) is 24.3 Å².